The van der Waals surface area contributed by atoms with Gasteiger partial charge in [0.15, 0.2) is 0 Å². The van der Waals surface area contributed by atoms with E-state index in [-0.39, 0.29) is 0 Å². The van der Waals surface area contributed by atoms with E-state index < -0.39 is 5.54 Å². The van der Waals surface area contributed by atoms with Gasteiger partial charge in [0.25, 0.3) is 0 Å². The van der Waals surface area contributed by atoms with E-state index in [2.05, 4.69) is 25.1 Å². The zero-order valence-corrected chi connectivity index (χ0v) is 12.4. The van der Waals surface area contributed by atoms with Crippen molar-refractivity contribution in [3.8, 4) is 6.07 Å². The quantitative estimate of drug-likeness (QED) is 0.847. The van der Waals surface area contributed by atoms with E-state index in [0.29, 0.717) is 6.42 Å². The SMILES string of the molecule is Cc1ccccc1SCCC(N)(C#N)c1ccccc1. The van der Waals surface area contributed by atoms with Crippen LogP contribution in [-0.4, -0.2) is 5.75 Å². The normalized spacial score (nSPS) is 13.4. The summed E-state index contributed by atoms with van der Waals surface area (Å²) in [6.45, 7) is 2.10. The Hall–Kier alpha value is -1.76. The Kier molecular flexibility index (Phi) is 4.84. The molecule has 2 rings (SSSR count). The van der Waals surface area contributed by atoms with Gasteiger partial charge in [-0.15, -0.1) is 11.8 Å². The fraction of sp³-hybridized carbons (Fsp3) is 0.235. The topological polar surface area (TPSA) is 49.8 Å². The van der Waals surface area contributed by atoms with Gasteiger partial charge in [-0.3, -0.25) is 0 Å². The maximum absolute atomic E-state index is 9.41. The average Bonchev–Trinajstić information content (AvgIpc) is 2.50. The Bertz CT molecular complexity index is 604. The van der Waals surface area contributed by atoms with Crippen molar-refractivity contribution in [2.24, 2.45) is 5.73 Å². The minimum absolute atomic E-state index is 0.631. The maximum Gasteiger partial charge on any atom is 0.130 e. The first-order valence-electron chi connectivity index (χ1n) is 6.60. The first-order chi connectivity index (χ1) is 9.65. The molecule has 0 bridgehead atoms. The summed E-state index contributed by atoms with van der Waals surface area (Å²) in [7, 11) is 0. The summed E-state index contributed by atoms with van der Waals surface area (Å²) in [5, 5.41) is 9.41. The Labute approximate surface area is 124 Å². The Balaban J connectivity index is 2.02. The number of thioether (sulfide) groups is 1. The van der Waals surface area contributed by atoms with E-state index in [4.69, 9.17) is 5.73 Å². The molecule has 2 N–H and O–H groups in total. The van der Waals surface area contributed by atoms with Crippen LogP contribution in [0.5, 0.6) is 0 Å². The first-order valence-corrected chi connectivity index (χ1v) is 7.58. The van der Waals surface area contributed by atoms with Crippen molar-refractivity contribution < 1.29 is 0 Å². The van der Waals surface area contributed by atoms with Crippen LogP contribution in [-0.2, 0) is 5.54 Å². The van der Waals surface area contributed by atoms with Crippen LogP contribution in [0.2, 0.25) is 0 Å². The summed E-state index contributed by atoms with van der Waals surface area (Å²) >= 11 is 1.75. The highest BCUT2D eigenvalue weighted by Gasteiger charge is 2.26. The van der Waals surface area contributed by atoms with Crippen molar-refractivity contribution in [3.63, 3.8) is 0 Å². The monoisotopic (exact) mass is 282 g/mol. The highest BCUT2D eigenvalue weighted by atomic mass is 32.2. The van der Waals surface area contributed by atoms with Gasteiger partial charge in [0.2, 0.25) is 0 Å². The van der Waals surface area contributed by atoms with Crippen LogP contribution >= 0.6 is 11.8 Å². The van der Waals surface area contributed by atoms with E-state index >= 15 is 0 Å². The van der Waals surface area contributed by atoms with Crippen molar-refractivity contribution in [2.75, 3.05) is 5.75 Å². The highest BCUT2D eigenvalue weighted by Crippen LogP contribution is 2.28. The lowest BCUT2D eigenvalue weighted by Crippen LogP contribution is -2.35. The van der Waals surface area contributed by atoms with Gasteiger partial charge in [-0.2, -0.15) is 5.26 Å². The smallest absolute Gasteiger partial charge is 0.130 e. The molecule has 0 aliphatic rings. The molecule has 0 saturated heterocycles. The molecule has 0 aliphatic heterocycles. The summed E-state index contributed by atoms with van der Waals surface area (Å²) in [6, 6.07) is 20.1. The second-order valence-corrected chi connectivity index (χ2v) is 5.95. The number of aryl methyl sites for hydroxylation is 1. The second kappa shape index (κ2) is 6.60. The molecule has 0 aliphatic carbocycles. The minimum atomic E-state index is -0.906. The lowest BCUT2D eigenvalue weighted by atomic mass is 9.90. The van der Waals surface area contributed by atoms with E-state index in [1.54, 1.807) is 11.8 Å². The largest absolute Gasteiger partial charge is 0.310 e. The van der Waals surface area contributed by atoms with Crippen LogP contribution in [0.1, 0.15) is 17.5 Å². The number of rotatable bonds is 5. The first kappa shape index (κ1) is 14.6. The number of hydrogen-bond donors (Lipinski definition) is 1. The molecule has 0 saturated carbocycles. The average molecular weight is 282 g/mol. The molecule has 20 heavy (non-hydrogen) atoms. The third kappa shape index (κ3) is 3.41. The van der Waals surface area contributed by atoms with E-state index in [1.165, 1.54) is 10.5 Å². The fourth-order valence-electron chi connectivity index (χ4n) is 2.04. The summed E-state index contributed by atoms with van der Waals surface area (Å²) < 4.78 is 0. The van der Waals surface area contributed by atoms with Gasteiger partial charge in [-0.1, -0.05) is 48.5 Å². The Morgan fingerprint density at radius 1 is 1.10 bits per heavy atom. The molecule has 0 fully saturated rings. The summed E-state index contributed by atoms with van der Waals surface area (Å²) in [6.07, 6.45) is 0.631. The Morgan fingerprint density at radius 2 is 1.75 bits per heavy atom. The van der Waals surface area contributed by atoms with Gasteiger partial charge in [0.1, 0.15) is 5.54 Å². The molecule has 0 amide bonds. The van der Waals surface area contributed by atoms with Gasteiger partial charge in [-0.05, 0) is 30.5 Å². The van der Waals surface area contributed by atoms with E-state index in [9.17, 15) is 5.26 Å². The molecular weight excluding hydrogens is 264 g/mol. The van der Waals surface area contributed by atoms with Crippen LogP contribution in [0.15, 0.2) is 59.5 Å². The molecule has 2 aromatic rings. The molecule has 2 aromatic carbocycles. The lowest BCUT2D eigenvalue weighted by molar-refractivity contribution is 0.560. The number of nitrogens with two attached hydrogens (primary N) is 1. The maximum atomic E-state index is 9.41. The van der Waals surface area contributed by atoms with Gasteiger partial charge < -0.3 is 5.73 Å². The summed E-state index contributed by atoms with van der Waals surface area (Å²) in [5.74, 6) is 0.823. The van der Waals surface area contributed by atoms with Crippen LogP contribution in [0.25, 0.3) is 0 Å². The molecule has 1 atom stereocenters. The predicted octanol–water partition coefficient (Wildman–Crippen LogP) is 3.86. The van der Waals surface area contributed by atoms with Crippen LogP contribution in [0.3, 0.4) is 0 Å². The van der Waals surface area contributed by atoms with Crippen molar-refractivity contribution in [1.82, 2.24) is 0 Å². The van der Waals surface area contributed by atoms with Crippen LogP contribution in [0.4, 0.5) is 0 Å². The van der Waals surface area contributed by atoms with E-state index in [0.717, 1.165) is 11.3 Å². The van der Waals surface area contributed by atoms with Crippen LogP contribution in [0, 0.1) is 18.3 Å². The van der Waals surface area contributed by atoms with Gasteiger partial charge in [-0.25, -0.2) is 0 Å². The van der Waals surface area contributed by atoms with Gasteiger partial charge in [0, 0.05) is 10.6 Å². The second-order valence-electron chi connectivity index (χ2n) is 4.81. The van der Waals surface area contributed by atoms with Crippen molar-refractivity contribution in [2.45, 2.75) is 23.8 Å². The lowest BCUT2D eigenvalue weighted by Gasteiger charge is -2.21. The molecule has 0 radical (unpaired) electrons. The van der Waals surface area contributed by atoms with Crippen LogP contribution < -0.4 is 5.73 Å². The number of hydrogen-bond acceptors (Lipinski definition) is 3. The van der Waals surface area contributed by atoms with Crippen molar-refractivity contribution in [3.05, 3.63) is 65.7 Å². The van der Waals surface area contributed by atoms with Crippen molar-refractivity contribution in [1.29, 1.82) is 5.26 Å². The molecule has 3 heteroatoms. The number of benzene rings is 2. The highest BCUT2D eigenvalue weighted by molar-refractivity contribution is 7.99. The minimum Gasteiger partial charge on any atom is -0.310 e. The zero-order valence-electron chi connectivity index (χ0n) is 11.5. The van der Waals surface area contributed by atoms with Gasteiger partial charge >= 0.3 is 0 Å². The molecule has 1 unspecified atom stereocenters. The predicted molar refractivity (Wildman–Crippen MR) is 84.4 cm³/mol. The molecule has 0 aromatic heterocycles. The third-order valence-electron chi connectivity index (χ3n) is 3.34. The summed E-state index contributed by atoms with van der Waals surface area (Å²) in [5.41, 5.74) is 7.48. The fourth-order valence-corrected chi connectivity index (χ4v) is 3.16. The van der Waals surface area contributed by atoms with Crippen molar-refractivity contribution >= 4 is 11.8 Å². The molecule has 2 nitrogen and oxygen atoms in total. The molecule has 102 valence electrons. The number of nitriles is 1. The molecule has 0 spiro atoms. The number of nitrogens with zero attached hydrogens (tertiary/aromatic N) is 1. The summed E-state index contributed by atoms with van der Waals surface area (Å²) in [4.78, 5) is 1.25. The third-order valence-corrected chi connectivity index (χ3v) is 4.51. The van der Waals surface area contributed by atoms with E-state index in [1.807, 2.05) is 42.5 Å². The zero-order chi connectivity index (χ0) is 14.4. The molecular formula is C17H18N2S. The Morgan fingerprint density at radius 3 is 2.40 bits per heavy atom. The van der Waals surface area contributed by atoms with Gasteiger partial charge in [0.05, 0.1) is 6.07 Å². The molecule has 0 heterocycles. The standard InChI is InChI=1S/C17H18N2S/c1-14-7-5-6-10-16(14)20-12-11-17(19,13-18)15-8-3-2-4-9-15/h2-10H,11-12,19H2,1H3.